The summed E-state index contributed by atoms with van der Waals surface area (Å²) >= 11 is 0. The highest BCUT2D eigenvalue weighted by Gasteiger charge is 2.25. The molecule has 0 saturated carbocycles. The minimum atomic E-state index is -2.44. The molecular formula is C24H36Si. The third kappa shape index (κ3) is 13.4. The molecule has 0 rings (SSSR count). The maximum absolute atomic E-state index is 3.47. The molecule has 0 saturated heterocycles. The second kappa shape index (κ2) is 17.3. The minimum Gasteiger partial charge on any atom is -0.107 e. The van der Waals surface area contributed by atoms with Crippen molar-refractivity contribution in [2.24, 2.45) is 0 Å². The molecule has 0 heterocycles. The van der Waals surface area contributed by atoms with Crippen LogP contribution in [0.4, 0.5) is 0 Å². The molecule has 0 fully saturated rings. The van der Waals surface area contributed by atoms with Gasteiger partial charge < -0.3 is 0 Å². The predicted octanol–water partition coefficient (Wildman–Crippen LogP) is 6.37. The SMILES string of the molecule is CCCCC#C[Si](C#CCCCC)(C#CCCCC)C#CCCCC. The van der Waals surface area contributed by atoms with Gasteiger partial charge in [0.25, 0.3) is 0 Å². The Kier molecular flexibility index (Phi) is 16.2. The molecule has 0 aromatic heterocycles. The van der Waals surface area contributed by atoms with Gasteiger partial charge in [0.2, 0.25) is 0 Å². The lowest BCUT2D eigenvalue weighted by atomic mass is 10.3. The van der Waals surface area contributed by atoms with E-state index >= 15 is 0 Å². The van der Waals surface area contributed by atoms with Crippen LogP contribution < -0.4 is 0 Å². The topological polar surface area (TPSA) is 0 Å². The smallest absolute Gasteiger partial charge is 0.107 e. The predicted molar refractivity (Wildman–Crippen MR) is 115 cm³/mol. The summed E-state index contributed by atoms with van der Waals surface area (Å²) in [5, 5.41) is 0. The first kappa shape index (κ1) is 23.5. The maximum Gasteiger partial charge on any atom is 0.369 e. The van der Waals surface area contributed by atoms with Crippen LogP contribution in [0.25, 0.3) is 0 Å². The Bertz CT molecular complexity index is 459. The normalized spacial score (nSPS) is 9.44. The molecule has 25 heavy (non-hydrogen) atoms. The van der Waals surface area contributed by atoms with Crippen LogP contribution in [0.3, 0.4) is 0 Å². The van der Waals surface area contributed by atoms with Gasteiger partial charge in [-0.15, -0.1) is 23.7 Å². The molecule has 0 radical (unpaired) electrons. The number of unbranched alkanes of at least 4 members (excludes halogenated alkanes) is 8. The fraction of sp³-hybridized carbons (Fsp3) is 0.667. The summed E-state index contributed by atoms with van der Waals surface area (Å²) in [5.41, 5.74) is 13.9. The van der Waals surface area contributed by atoms with Crippen LogP contribution in [-0.2, 0) is 0 Å². The van der Waals surface area contributed by atoms with Gasteiger partial charge >= 0.3 is 8.07 Å². The first-order chi connectivity index (χ1) is 12.2. The Balaban J connectivity index is 5.52. The van der Waals surface area contributed by atoms with E-state index in [-0.39, 0.29) is 0 Å². The van der Waals surface area contributed by atoms with E-state index in [1.165, 1.54) is 25.7 Å². The fourth-order valence-corrected chi connectivity index (χ4v) is 3.96. The van der Waals surface area contributed by atoms with Crippen molar-refractivity contribution >= 4 is 8.07 Å². The summed E-state index contributed by atoms with van der Waals surface area (Å²) in [7, 11) is -2.44. The molecule has 0 N–H and O–H groups in total. The summed E-state index contributed by atoms with van der Waals surface area (Å²) in [4.78, 5) is 0. The second-order valence-electron chi connectivity index (χ2n) is 6.37. The Morgan fingerprint density at radius 3 is 0.880 bits per heavy atom. The van der Waals surface area contributed by atoms with Gasteiger partial charge in [0, 0.05) is 25.7 Å². The van der Waals surface area contributed by atoms with Gasteiger partial charge in [-0.2, -0.15) is 0 Å². The van der Waals surface area contributed by atoms with E-state index in [2.05, 4.69) is 73.6 Å². The zero-order valence-electron chi connectivity index (χ0n) is 17.0. The van der Waals surface area contributed by atoms with E-state index in [4.69, 9.17) is 0 Å². The fourth-order valence-electron chi connectivity index (χ4n) is 2.03. The van der Waals surface area contributed by atoms with E-state index in [0.29, 0.717) is 0 Å². The third-order valence-corrected chi connectivity index (χ3v) is 5.93. The first-order valence-electron chi connectivity index (χ1n) is 10.2. The second-order valence-corrected chi connectivity index (χ2v) is 8.87. The molecule has 0 amide bonds. The van der Waals surface area contributed by atoms with Crippen molar-refractivity contribution < 1.29 is 0 Å². The average Bonchev–Trinajstić information content (AvgIpc) is 2.63. The van der Waals surface area contributed by atoms with Crippen LogP contribution in [0.1, 0.15) is 105 Å². The average molecular weight is 353 g/mol. The van der Waals surface area contributed by atoms with Gasteiger partial charge in [0.05, 0.1) is 0 Å². The standard InChI is InChI=1S/C24H36Si/c1-5-9-13-17-21-25(22-18-14-10-6-2,23-19-15-11-7-3)24-20-16-12-8-4/h5-16H2,1-4H3. The van der Waals surface area contributed by atoms with Crippen molar-refractivity contribution in [3.63, 3.8) is 0 Å². The van der Waals surface area contributed by atoms with E-state index in [0.717, 1.165) is 51.4 Å². The van der Waals surface area contributed by atoms with Gasteiger partial charge in [-0.1, -0.05) is 75.6 Å². The largest absolute Gasteiger partial charge is 0.369 e. The van der Waals surface area contributed by atoms with Crippen LogP contribution >= 0.6 is 0 Å². The molecule has 0 atom stereocenters. The molecule has 0 bridgehead atoms. The van der Waals surface area contributed by atoms with Crippen molar-refractivity contribution in [3.8, 4) is 45.9 Å². The van der Waals surface area contributed by atoms with E-state index < -0.39 is 8.07 Å². The van der Waals surface area contributed by atoms with Crippen LogP contribution in [0.15, 0.2) is 0 Å². The molecule has 0 spiro atoms. The molecular weight excluding hydrogens is 316 g/mol. The lowest BCUT2D eigenvalue weighted by molar-refractivity contribution is 0.827. The van der Waals surface area contributed by atoms with Crippen molar-refractivity contribution in [3.05, 3.63) is 0 Å². The molecule has 0 aliphatic carbocycles. The van der Waals surface area contributed by atoms with Gasteiger partial charge in [-0.25, -0.2) is 0 Å². The van der Waals surface area contributed by atoms with Crippen molar-refractivity contribution in [1.29, 1.82) is 0 Å². The van der Waals surface area contributed by atoms with Gasteiger partial charge in [-0.05, 0) is 25.7 Å². The summed E-state index contributed by atoms with van der Waals surface area (Å²) in [6, 6.07) is 0. The quantitative estimate of drug-likeness (QED) is 0.270. The Morgan fingerprint density at radius 2 is 0.680 bits per heavy atom. The van der Waals surface area contributed by atoms with Crippen molar-refractivity contribution in [2.45, 2.75) is 105 Å². The Morgan fingerprint density at radius 1 is 0.440 bits per heavy atom. The zero-order chi connectivity index (χ0) is 18.6. The van der Waals surface area contributed by atoms with Crippen molar-refractivity contribution in [1.82, 2.24) is 0 Å². The third-order valence-electron chi connectivity index (χ3n) is 3.72. The molecule has 0 aliphatic rings. The highest BCUT2D eigenvalue weighted by molar-refractivity contribution is 7.06. The molecule has 0 unspecified atom stereocenters. The number of hydrogen-bond acceptors (Lipinski definition) is 0. The van der Waals surface area contributed by atoms with E-state index in [9.17, 15) is 0 Å². The zero-order valence-corrected chi connectivity index (χ0v) is 18.0. The maximum atomic E-state index is 3.47. The molecule has 0 aromatic carbocycles. The van der Waals surface area contributed by atoms with Crippen LogP contribution in [0.5, 0.6) is 0 Å². The number of rotatable bonds is 8. The van der Waals surface area contributed by atoms with E-state index in [1.807, 2.05) is 0 Å². The monoisotopic (exact) mass is 352 g/mol. The number of hydrogen-bond donors (Lipinski definition) is 0. The van der Waals surface area contributed by atoms with Gasteiger partial charge in [0.15, 0.2) is 0 Å². The van der Waals surface area contributed by atoms with Crippen LogP contribution in [-0.4, -0.2) is 8.07 Å². The summed E-state index contributed by atoms with van der Waals surface area (Å²) in [5.74, 6) is 13.4. The lowest BCUT2D eigenvalue weighted by Crippen LogP contribution is -2.28. The minimum absolute atomic E-state index is 0.940. The highest BCUT2D eigenvalue weighted by Crippen LogP contribution is 2.03. The van der Waals surface area contributed by atoms with Gasteiger partial charge in [0.1, 0.15) is 0 Å². The van der Waals surface area contributed by atoms with Crippen LogP contribution in [0.2, 0.25) is 0 Å². The Hall–Kier alpha value is -1.54. The van der Waals surface area contributed by atoms with Crippen molar-refractivity contribution in [2.75, 3.05) is 0 Å². The molecule has 0 aliphatic heterocycles. The first-order valence-corrected chi connectivity index (χ1v) is 12.2. The lowest BCUT2D eigenvalue weighted by Gasteiger charge is -2.04. The Labute approximate surface area is 159 Å². The van der Waals surface area contributed by atoms with Gasteiger partial charge in [-0.3, -0.25) is 0 Å². The van der Waals surface area contributed by atoms with E-state index in [1.54, 1.807) is 0 Å². The molecule has 136 valence electrons. The van der Waals surface area contributed by atoms with Crippen LogP contribution in [0, 0.1) is 45.9 Å². The summed E-state index contributed by atoms with van der Waals surface area (Å²) < 4.78 is 0. The molecule has 1 heteroatoms. The summed E-state index contributed by atoms with van der Waals surface area (Å²) in [6.07, 6.45) is 13.0. The summed E-state index contributed by atoms with van der Waals surface area (Å²) in [6.45, 7) is 8.80. The molecule has 0 nitrogen and oxygen atoms in total. The highest BCUT2D eigenvalue weighted by atomic mass is 28.3. The molecule has 0 aromatic rings.